The third kappa shape index (κ3) is 3.29. The summed E-state index contributed by atoms with van der Waals surface area (Å²) in [5.74, 6) is -1.28. The molecule has 0 bridgehead atoms. The Labute approximate surface area is 98.9 Å². The monoisotopic (exact) mass is 238 g/mol. The molecule has 5 heteroatoms. The van der Waals surface area contributed by atoms with E-state index in [1.165, 1.54) is 12.2 Å². The minimum absolute atomic E-state index is 0.158. The number of halogens is 1. The molecule has 4 N–H and O–H groups in total. The lowest BCUT2D eigenvalue weighted by Crippen LogP contribution is -2.47. The quantitative estimate of drug-likeness (QED) is 0.655. The number of alkyl halides is 1. The summed E-state index contributed by atoms with van der Waals surface area (Å²) in [6, 6.07) is 8.60. The van der Waals surface area contributed by atoms with Gasteiger partial charge in [0.25, 0.3) is 0 Å². The summed E-state index contributed by atoms with van der Waals surface area (Å²) >= 11 is 0. The number of aliphatic carboxylic acids is 1. The van der Waals surface area contributed by atoms with Crippen LogP contribution >= 0.6 is 0 Å². The van der Waals surface area contributed by atoms with Crippen LogP contribution in [-0.4, -0.2) is 29.8 Å². The minimum atomic E-state index is -1.76. The van der Waals surface area contributed by atoms with Crippen LogP contribution < -0.4 is 11.1 Å². The van der Waals surface area contributed by atoms with Gasteiger partial charge in [0.1, 0.15) is 6.67 Å². The number of nitrogens with one attached hydrogen (secondary N) is 1. The van der Waals surface area contributed by atoms with Gasteiger partial charge >= 0.3 is 5.97 Å². The highest BCUT2D eigenvalue weighted by atomic mass is 19.1. The van der Waals surface area contributed by atoms with Gasteiger partial charge in [0.05, 0.1) is 0 Å². The number of carboxylic acids is 1. The molecule has 0 amide bonds. The molecule has 4 nitrogen and oxygen atoms in total. The van der Waals surface area contributed by atoms with Crippen molar-refractivity contribution in [1.29, 1.82) is 0 Å². The molecule has 1 aromatic carbocycles. The van der Waals surface area contributed by atoms with Crippen molar-refractivity contribution in [2.24, 2.45) is 5.73 Å². The summed E-state index contributed by atoms with van der Waals surface area (Å²) < 4.78 is 13.0. The van der Waals surface area contributed by atoms with E-state index in [0.29, 0.717) is 5.69 Å². The van der Waals surface area contributed by atoms with E-state index in [4.69, 9.17) is 10.8 Å². The van der Waals surface area contributed by atoms with Gasteiger partial charge in [-0.1, -0.05) is 24.3 Å². The summed E-state index contributed by atoms with van der Waals surface area (Å²) in [6.45, 7) is -0.904. The Kier molecular flexibility index (Phi) is 4.66. The zero-order valence-corrected chi connectivity index (χ0v) is 9.27. The van der Waals surface area contributed by atoms with Crippen molar-refractivity contribution < 1.29 is 14.3 Å². The maximum atomic E-state index is 13.0. The molecule has 1 aromatic rings. The summed E-state index contributed by atoms with van der Waals surface area (Å²) in [7, 11) is 0. The largest absolute Gasteiger partial charge is 0.479 e. The molecule has 0 saturated carbocycles. The number of carboxylic acid groups (broad SMARTS) is 1. The van der Waals surface area contributed by atoms with E-state index < -0.39 is 18.2 Å². The van der Waals surface area contributed by atoms with Crippen molar-refractivity contribution in [2.45, 2.75) is 5.54 Å². The number of hydrogen-bond donors (Lipinski definition) is 3. The van der Waals surface area contributed by atoms with E-state index >= 15 is 0 Å². The van der Waals surface area contributed by atoms with Crippen LogP contribution in [0.25, 0.3) is 0 Å². The Balaban J connectivity index is 2.98. The molecule has 0 saturated heterocycles. The zero-order chi connectivity index (χ0) is 12.7. The summed E-state index contributed by atoms with van der Waals surface area (Å²) in [5, 5.41) is 11.8. The highest BCUT2D eigenvalue weighted by molar-refractivity contribution is 5.85. The summed E-state index contributed by atoms with van der Waals surface area (Å²) in [4.78, 5) is 11.2. The Morgan fingerprint density at radius 3 is 2.59 bits per heavy atom. The second-order valence-corrected chi connectivity index (χ2v) is 3.54. The maximum absolute atomic E-state index is 13.0. The van der Waals surface area contributed by atoms with E-state index in [1.54, 1.807) is 30.3 Å². The Hall–Kier alpha value is -1.88. The Bertz CT molecular complexity index is 395. The van der Waals surface area contributed by atoms with Gasteiger partial charge in [-0.25, -0.2) is 9.18 Å². The highest BCUT2D eigenvalue weighted by Crippen LogP contribution is 2.18. The number of anilines is 1. The lowest BCUT2D eigenvalue weighted by molar-refractivity contribution is -0.141. The van der Waals surface area contributed by atoms with Crippen LogP contribution in [0.2, 0.25) is 0 Å². The predicted molar refractivity (Wildman–Crippen MR) is 64.6 cm³/mol. The van der Waals surface area contributed by atoms with Gasteiger partial charge < -0.3 is 16.2 Å². The molecule has 17 heavy (non-hydrogen) atoms. The fourth-order valence-electron chi connectivity index (χ4n) is 1.35. The number of para-hydroxylation sites is 1. The normalized spacial score (nSPS) is 14.5. The van der Waals surface area contributed by atoms with E-state index in [-0.39, 0.29) is 6.54 Å². The molecule has 0 radical (unpaired) electrons. The van der Waals surface area contributed by atoms with Gasteiger partial charge in [-0.2, -0.15) is 0 Å². The Morgan fingerprint density at radius 2 is 2.12 bits per heavy atom. The van der Waals surface area contributed by atoms with Crippen molar-refractivity contribution in [3.05, 3.63) is 42.5 Å². The standard InChI is InChI=1S/C12H15FN2O2/c13-9-12(11(16)17,7-4-8-14)15-10-5-2-1-3-6-10/h1-7,15H,8-9,14H2,(H,16,17). The third-order valence-electron chi connectivity index (χ3n) is 2.27. The number of hydrogen-bond acceptors (Lipinski definition) is 3. The number of nitrogens with two attached hydrogens (primary N) is 1. The molecule has 0 spiro atoms. The number of rotatable bonds is 6. The fourth-order valence-corrected chi connectivity index (χ4v) is 1.35. The van der Waals surface area contributed by atoms with E-state index in [2.05, 4.69) is 5.32 Å². The molecule has 92 valence electrons. The third-order valence-corrected chi connectivity index (χ3v) is 2.27. The SMILES string of the molecule is NCC=CC(CF)(Nc1ccccc1)C(=O)O. The molecule has 1 rings (SSSR count). The molecule has 0 aliphatic carbocycles. The van der Waals surface area contributed by atoms with Crippen molar-refractivity contribution >= 4 is 11.7 Å². The maximum Gasteiger partial charge on any atom is 0.336 e. The molecule has 1 unspecified atom stereocenters. The number of benzene rings is 1. The summed E-state index contributed by atoms with van der Waals surface area (Å²) in [6.07, 6.45) is 2.66. The van der Waals surface area contributed by atoms with Crippen LogP contribution in [0.1, 0.15) is 0 Å². The average Bonchev–Trinajstić information content (AvgIpc) is 2.35. The van der Waals surface area contributed by atoms with Gasteiger partial charge in [-0.3, -0.25) is 0 Å². The molecule has 0 heterocycles. The first kappa shape index (κ1) is 13.2. The van der Waals surface area contributed by atoms with E-state index in [0.717, 1.165) is 0 Å². The van der Waals surface area contributed by atoms with Crippen LogP contribution in [0.3, 0.4) is 0 Å². The fraction of sp³-hybridized carbons (Fsp3) is 0.250. The van der Waals surface area contributed by atoms with Gasteiger partial charge in [0.2, 0.25) is 0 Å². The molecule has 0 aromatic heterocycles. The van der Waals surface area contributed by atoms with Gasteiger partial charge in [-0.05, 0) is 18.2 Å². The summed E-state index contributed by atoms with van der Waals surface area (Å²) in [5.41, 5.74) is 4.03. The smallest absolute Gasteiger partial charge is 0.336 e. The van der Waals surface area contributed by atoms with Crippen LogP contribution in [-0.2, 0) is 4.79 Å². The topological polar surface area (TPSA) is 75.3 Å². The van der Waals surface area contributed by atoms with Crippen molar-refractivity contribution in [2.75, 3.05) is 18.5 Å². The minimum Gasteiger partial charge on any atom is -0.479 e. The van der Waals surface area contributed by atoms with Gasteiger partial charge in [0.15, 0.2) is 5.54 Å². The van der Waals surface area contributed by atoms with Crippen molar-refractivity contribution in [3.63, 3.8) is 0 Å². The molecule has 0 aliphatic rings. The molecule has 1 atom stereocenters. The van der Waals surface area contributed by atoms with Crippen molar-refractivity contribution in [1.82, 2.24) is 0 Å². The first-order valence-electron chi connectivity index (χ1n) is 5.15. The molecular weight excluding hydrogens is 223 g/mol. The Morgan fingerprint density at radius 1 is 1.47 bits per heavy atom. The number of carbonyl (C=O) groups is 1. The van der Waals surface area contributed by atoms with E-state index in [1.807, 2.05) is 0 Å². The average molecular weight is 238 g/mol. The van der Waals surface area contributed by atoms with Crippen molar-refractivity contribution in [3.8, 4) is 0 Å². The first-order chi connectivity index (χ1) is 8.14. The molecule has 0 aliphatic heterocycles. The highest BCUT2D eigenvalue weighted by Gasteiger charge is 2.36. The molecule has 0 fully saturated rings. The predicted octanol–water partition coefficient (Wildman–Crippen LogP) is 1.41. The van der Waals surface area contributed by atoms with Gasteiger partial charge in [0, 0.05) is 12.2 Å². The second-order valence-electron chi connectivity index (χ2n) is 3.54. The van der Waals surface area contributed by atoms with Crippen LogP contribution in [0.5, 0.6) is 0 Å². The van der Waals surface area contributed by atoms with E-state index in [9.17, 15) is 9.18 Å². The van der Waals surface area contributed by atoms with Gasteiger partial charge in [-0.15, -0.1) is 0 Å². The molecular formula is C12H15FN2O2. The zero-order valence-electron chi connectivity index (χ0n) is 9.27. The van der Waals surface area contributed by atoms with Crippen LogP contribution in [0.4, 0.5) is 10.1 Å². The first-order valence-corrected chi connectivity index (χ1v) is 5.15. The van der Waals surface area contributed by atoms with Crippen LogP contribution in [0, 0.1) is 0 Å². The lowest BCUT2D eigenvalue weighted by atomic mass is 10.00. The van der Waals surface area contributed by atoms with Crippen LogP contribution in [0.15, 0.2) is 42.5 Å². The lowest BCUT2D eigenvalue weighted by Gasteiger charge is -2.25. The second kappa shape index (κ2) is 6.00.